The molecule has 0 aliphatic carbocycles. The molecule has 102 valence electrons. The van der Waals surface area contributed by atoms with E-state index >= 15 is 0 Å². The average Bonchev–Trinajstić information content (AvgIpc) is 2.48. The summed E-state index contributed by atoms with van der Waals surface area (Å²) >= 11 is 0. The van der Waals surface area contributed by atoms with Crippen LogP contribution in [0.25, 0.3) is 0 Å². The lowest BCUT2D eigenvalue weighted by Gasteiger charge is -1.97. The standard InChI is InChI=1S/C9H13N.C8H11N/c1-10-8-7-9-5-3-2-4-6-9;9-7-6-8-4-2-1-3-5-8/h2-6,10H,7-8H2,1H3;1-5H,6-7,9H2. The van der Waals surface area contributed by atoms with Gasteiger partial charge in [0.05, 0.1) is 0 Å². The molecule has 2 nitrogen and oxygen atoms in total. The van der Waals surface area contributed by atoms with Crippen LogP contribution in [0.15, 0.2) is 60.7 Å². The van der Waals surface area contributed by atoms with Crippen molar-refractivity contribution in [1.29, 1.82) is 0 Å². The van der Waals surface area contributed by atoms with Gasteiger partial charge in [-0.25, -0.2) is 0 Å². The highest BCUT2D eigenvalue weighted by Gasteiger charge is 1.87. The van der Waals surface area contributed by atoms with Crippen LogP contribution < -0.4 is 11.1 Å². The van der Waals surface area contributed by atoms with Crippen LogP contribution in [-0.4, -0.2) is 20.1 Å². The van der Waals surface area contributed by atoms with Crippen LogP contribution in [-0.2, 0) is 12.8 Å². The van der Waals surface area contributed by atoms with E-state index in [4.69, 9.17) is 5.73 Å². The normalized spacial score (nSPS) is 9.58. The van der Waals surface area contributed by atoms with E-state index in [0.29, 0.717) is 0 Å². The van der Waals surface area contributed by atoms with E-state index in [1.807, 2.05) is 31.3 Å². The van der Waals surface area contributed by atoms with Crippen molar-refractivity contribution in [2.75, 3.05) is 20.1 Å². The molecule has 0 amide bonds. The smallest absolute Gasteiger partial charge is 0.00114 e. The second-order valence-corrected chi connectivity index (χ2v) is 4.36. The molecule has 0 unspecified atom stereocenters. The lowest BCUT2D eigenvalue weighted by Crippen LogP contribution is -2.09. The molecule has 2 aromatic rings. The van der Waals surface area contributed by atoms with Crippen LogP contribution in [0, 0.1) is 0 Å². The molecule has 2 aromatic carbocycles. The Kier molecular flexibility index (Phi) is 8.36. The monoisotopic (exact) mass is 256 g/mol. The van der Waals surface area contributed by atoms with E-state index in [9.17, 15) is 0 Å². The SMILES string of the molecule is CNCCc1ccccc1.NCCc1ccccc1. The molecule has 2 rings (SSSR count). The maximum absolute atomic E-state index is 5.36. The molecule has 0 saturated carbocycles. The quantitative estimate of drug-likeness (QED) is 0.863. The zero-order chi connectivity index (χ0) is 13.8. The third kappa shape index (κ3) is 7.39. The summed E-state index contributed by atoms with van der Waals surface area (Å²) in [4.78, 5) is 0. The topological polar surface area (TPSA) is 38.0 Å². The first kappa shape index (κ1) is 15.4. The van der Waals surface area contributed by atoms with Crippen molar-refractivity contribution >= 4 is 0 Å². The van der Waals surface area contributed by atoms with Gasteiger partial charge < -0.3 is 11.1 Å². The number of hydrogen-bond acceptors (Lipinski definition) is 2. The largest absolute Gasteiger partial charge is 0.330 e. The molecule has 2 heteroatoms. The Morgan fingerprint density at radius 2 is 1.26 bits per heavy atom. The minimum Gasteiger partial charge on any atom is -0.330 e. The van der Waals surface area contributed by atoms with Gasteiger partial charge in [0.15, 0.2) is 0 Å². The number of nitrogens with one attached hydrogen (secondary N) is 1. The number of nitrogens with two attached hydrogens (primary N) is 1. The van der Waals surface area contributed by atoms with Crippen molar-refractivity contribution in [3.05, 3.63) is 71.8 Å². The third-order valence-corrected chi connectivity index (χ3v) is 2.78. The number of hydrogen-bond donors (Lipinski definition) is 2. The second kappa shape index (κ2) is 10.3. The van der Waals surface area contributed by atoms with E-state index in [1.165, 1.54) is 11.1 Å². The maximum Gasteiger partial charge on any atom is -0.00114 e. The van der Waals surface area contributed by atoms with E-state index in [-0.39, 0.29) is 0 Å². The molecule has 0 aliphatic rings. The summed E-state index contributed by atoms with van der Waals surface area (Å²) in [6, 6.07) is 20.8. The summed E-state index contributed by atoms with van der Waals surface area (Å²) in [7, 11) is 1.98. The Balaban J connectivity index is 0.000000191. The van der Waals surface area contributed by atoms with Crippen LogP contribution in [0.5, 0.6) is 0 Å². The van der Waals surface area contributed by atoms with Crippen molar-refractivity contribution in [3.8, 4) is 0 Å². The zero-order valence-corrected chi connectivity index (χ0v) is 11.7. The van der Waals surface area contributed by atoms with Gasteiger partial charge in [0.1, 0.15) is 0 Å². The van der Waals surface area contributed by atoms with Crippen molar-refractivity contribution < 1.29 is 0 Å². The fourth-order valence-electron chi connectivity index (χ4n) is 1.73. The summed E-state index contributed by atoms with van der Waals surface area (Å²) in [6.07, 6.45) is 2.11. The maximum atomic E-state index is 5.36. The molecule has 0 saturated heterocycles. The number of benzene rings is 2. The highest BCUT2D eigenvalue weighted by Crippen LogP contribution is 1.97. The van der Waals surface area contributed by atoms with E-state index in [1.54, 1.807) is 0 Å². The highest BCUT2D eigenvalue weighted by molar-refractivity contribution is 5.15. The predicted octanol–water partition coefficient (Wildman–Crippen LogP) is 2.64. The van der Waals surface area contributed by atoms with Crippen molar-refractivity contribution in [2.45, 2.75) is 12.8 Å². The third-order valence-electron chi connectivity index (χ3n) is 2.78. The molecule has 19 heavy (non-hydrogen) atoms. The van der Waals surface area contributed by atoms with E-state index in [2.05, 4.69) is 41.7 Å². The summed E-state index contributed by atoms with van der Waals surface area (Å²) in [5.74, 6) is 0. The molecule has 0 aromatic heterocycles. The van der Waals surface area contributed by atoms with E-state index in [0.717, 1.165) is 25.9 Å². The van der Waals surface area contributed by atoms with Gasteiger partial charge in [-0.3, -0.25) is 0 Å². The molecule has 0 atom stereocenters. The first-order chi connectivity index (χ1) is 9.36. The summed E-state index contributed by atoms with van der Waals surface area (Å²) in [5.41, 5.74) is 8.08. The van der Waals surface area contributed by atoms with Gasteiger partial charge in [-0.2, -0.15) is 0 Å². The van der Waals surface area contributed by atoms with Crippen molar-refractivity contribution in [2.24, 2.45) is 5.73 Å². The minimum atomic E-state index is 0.740. The van der Waals surface area contributed by atoms with Crippen LogP contribution in [0.1, 0.15) is 11.1 Å². The number of likely N-dealkylation sites (N-methyl/N-ethyl adjacent to an activating group) is 1. The van der Waals surface area contributed by atoms with Gasteiger partial charge in [-0.05, 0) is 44.1 Å². The minimum absolute atomic E-state index is 0.740. The molecule has 3 N–H and O–H groups in total. The van der Waals surface area contributed by atoms with Crippen molar-refractivity contribution in [3.63, 3.8) is 0 Å². The highest BCUT2D eigenvalue weighted by atomic mass is 14.8. The lowest BCUT2D eigenvalue weighted by atomic mass is 10.2. The Bertz CT molecular complexity index is 412. The van der Waals surface area contributed by atoms with Crippen LogP contribution >= 0.6 is 0 Å². The van der Waals surface area contributed by atoms with Gasteiger partial charge >= 0.3 is 0 Å². The van der Waals surface area contributed by atoms with Crippen molar-refractivity contribution in [1.82, 2.24) is 5.32 Å². The lowest BCUT2D eigenvalue weighted by molar-refractivity contribution is 0.792. The Hall–Kier alpha value is -1.64. The Labute approximate surface area is 116 Å². The second-order valence-electron chi connectivity index (χ2n) is 4.36. The molecular formula is C17H24N2. The Morgan fingerprint density at radius 1 is 0.789 bits per heavy atom. The van der Waals surface area contributed by atoms with Gasteiger partial charge in [-0.15, -0.1) is 0 Å². The van der Waals surface area contributed by atoms with E-state index < -0.39 is 0 Å². The van der Waals surface area contributed by atoms with Crippen LogP contribution in [0.4, 0.5) is 0 Å². The summed E-state index contributed by atoms with van der Waals surface area (Å²) < 4.78 is 0. The molecular weight excluding hydrogens is 232 g/mol. The summed E-state index contributed by atoms with van der Waals surface area (Å²) in [6.45, 7) is 1.80. The first-order valence-electron chi connectivity index (χ1n) is 6.79. The van der Waals surface area contributed by atoms with Crippen LogP contribution in [0.3, 0.4) is 0 Å². The molecule has 0 fully saturated rings. The molecule has 0 bridgehead atoms. The van der Waals surface area contributed by atoms with Gasteiger partial charge in [0.2, 0.25) is 0 Å². The molecule has 0 radical (unpaired) electrons. The first-order valence-corrected chi connectivity index (χ1v) is 6.79. The zero-order valence-electron chi connectivity index (χ0n) is 11.7. The Morgan fingerprint density at radius 3 is 1.68 bits per heavy atom. The molecule has 0 heterocycles. The summed E-state index contributed by atoms with van der Waals surface area (Å²) in [5, 5.41) is 3.12. The molecule has 0 aliphatic heterocycles. The predicted molar refractivity (Wildman–Crippen MR) is 83.3 cm³/mol. The fourth-order valence-corrected chi connectivity index (χ4v) is 1.73. The molecule has 0 spiro atoms. The van der Waals surface area contributed by atoms with Gasteiger partial charge in [0, 0.05) is 0 Å². The van der Waals surface area contributed by atoms with Gasteiger partial charge in [-0.1, -0.05) is 60.7 Å². The number of rotatable bonds is 5. The van der Waals surface area contributed by atoms with Crippen LogP contribution in [0.2, 0.25) is 0 Å². The van der Waals surface area contributed by atoms with Gasteiger partial charge in [0.25, 0.3) is 0 Å². The fraction of sp³-hybridized carbons (Fsp3) is 0.294. The average molecular weight is 256 g/mol.